The van der Waals surface area contributed by atoms with Gasteiger partial charge in [-0.15, -0.1) is 0 Å². The number of amides is 3. The summed E-state index contributed by atoms with van der Waals surface area (Å²) in [5, 5.41) is 0. The van der Waals surface area contributed by atoms with E-state index in [1.165, 1.54) is 43.3 Å². The number of ether oxygens (including phenoxy) is 1. The first-order chi connectivity index (χ1) is 16.7. The van der Waals surface area contributed by atoms with Gasteiger partial charge in [-0.05, 0) is 54.6 Å². The molecule has 0 aliphatic heterocycles. The number of carbonyl (C=O) groups is 3. The average molecular weight is 497 g/mol. The molecular formula is C24H24N4O6S. The molecule has 3 N–H and O–H groups in total. The summed E-state index contributed by atoms with van der Waals surface area (Å²) in [6.07, 6.45) is 0. The number of benzene rings is 3. The smallest absolute Gasteiger partial charge is 0.269 e. The van der Waals surface area contributed by atoms with E-state index in [0.29, 0.717) is 17.0 Å². The third-order valence-electron chi connectivity index (χ3n) is 4.81. The number of sulfonamides is 1. The van der Waals surface area contributed by atoms with Crippen LogP contribution in [-0.4, -0.2) is 51.7 Å². The standard InChI is InChI=1S/C24H24N4O6S/c1-28(24(31)17-7-4-3-5-8-17)16-22(29)25-26-23(30)18-9-6-10-21(15-18)35(32,33)27-19-11-13-20(34-2)14-12-19/h3-15,27H,16H2,1-2H3,(H,25,29)(H,26,30). The molecule has 10 nitrogen and oxygen atoms in total. The van der Waals surface area contributed by atoms with Crippen LogP contribution in [0.2, 0.25) is 0 Å². The second kappa shape index (κ2) is 11.2. The van der Waals surface area contributed by atoms with Crippen LogP contribution in [0.15, 0.2) is 83.8 Å². The molecule has 0 fully saturated rings. The molecular weight excluding hydrogens is 472 g/mol. The summed E-state index contributed by atoms with van der Waals surface area (Å²) >= 11 is 0. The summed E-state index contributed by atoms with van der Waals surface area (Å²) in [5.74, 6) is -1.13. The monoisotopic (exact) mass is 496 g/mol. The normalized spacial score (nSPS) is 10.7. The Kier molecular flexibility index (Phi) is 8.05. The molecule has 0 saturated carbocycles. The number of hydrazine groups is 1. The van der Waals surface area contributed by atoms with E-state index in [9.17, 15) is 22.8 Å². The highest BCUT2D eigenvalue weighted by Gasteiger charge is 2.18. The lowest BCUT2D eigenvalue weighted by Crippen LogP contribution is -2.46. The second-order valence-corrected chi connectivity index (χ2v) is 9.07. The molecule has 0 aromatic heterocycles. The summed E-state index contributed by atoms with van der Waals surface area (Å²) < 4.78 is 32.9. The molecule has 3 amide bonds. The summed E-state index contributed by atoms with van der Waals surface area (Å²) in [6.45, 7) is -0.297. The Balaban J connectivity index is 1.59. The van der Waals surface area contributed by atoms with Gasteiger partial charge >= 0.3 is 0 Å². The zero-order chi connectivity index (χ0) is 25.4. The molecule has 3 aromatic rings. The van der Waals surface area contributed by atoms with Crippen molar-refractivity contribution in [3.63, 3.8) is 0 Å². The van der Waals surface area contributed by atoms with E-state index in [-0.39, 0.29) is 22.9 Å². The van der Waals surface area contributed by atoms with E-state index < -0.39 is 21.8 Å². The Hall–Kier alpha value is -4.38. The van der Waals surface area contributed by atoms with E-state index >= 15 is 0 Å². The van der Waals surface area contributed by atoms with Crippen LogP contribution in [0.4, 0.5) is 5.69 Å². The number of hydrogen-bond acceptors (Lipinski definition) is 6. The highest BCUT2D eigenvalue weighted by atomic mass is 32.2. The minimum atomic E-state index is -3.97. The van der Waals surface area contributed by atoms with Gasteiger partial charge in [-0.2, -0.15) is 0 Å². The van der Waals surface area contributed by atoms with Crippen LogP contribution < -0.4 is 20.3 Å². The van der Waals surface area contributed by atoms with Crippen molar-refractivity contribution in [2.24, 2.45) is 0 Å². The van der Waals surface area contributed by atoms with Crippen LogP contribution in [0.1, 0.15) is 20.7 Å². The maximum absolute atomic E-state index is 12.7. The Bertz CT molecular complexity index is 1310. The Morgan fingerprint density at radius 1 is 0.857 bits per heavy atom. The molecule has 0 heterocycles. The number of carbonyl (C=O) groups excluding carboxylic acids is 3. The Morgan fingerprint density at radius 3 is 2.17 bits per heavy atom. The molecule has 0 aliphatic rings. The van der Waals surface area contributed by atoms with Gasteiger partial charge in [0.05, 0.1) is 12.0 Å². The predicted octanol–water partition coefficient (Wildman–Crippen LogP) is 2.03. The second-order valence-electron chi connectivity index (χ2n) is 7.39. The van der Waals surface area contributed by atoms with Crippen LogP contribution in [0.5, 0.6) is 5.75 Å². The van der Waals surface area contributed by atoms with Gasteiger partial charge in [0.25, 0.3) is 27.7 Å². The summed E-state index contributed by atoms with van der Waals surface area (Å²) in [6, 6.07) is 20.1. The highest BCUT2D eigenvalue weighted by Crippen LogP contribution is 2.20. The third kappa shape index (κ3) is 6.81. The van der Waals surface area contributed by atoms with E-state index in [2.05, 4.69) is 15.6 Å². The van der Waals surface area contributed by atoms with E-state index in [0.717, 1.165) is 0 Å². The van der Waals surface area contributed by atoms with Crippen LogP contribution in [-0.2, 0) is 14.8 Å². The molecule has 35 heavy (non-hydrogen) atoms. The van der Waals surface area contributed by atoms with E-state index in [4.69, 9.17) is 4.74 Å². The third-order valence-corrected chi connectivity index (χ3v) is 6.19. The van der Waals surface area contributed by atoms with Gasteiger partial charge in [-0.1, -0.05) is 24.3 Å². The van der Waals surface area contributed by atoms with Crippen molar-refractivity contribution in [1.29, 1.82) is 0 Å². The molecule has 0 saturated heterocycles. The SMILES string of the molecule is COc1ccc(NS(=O)(=O)c2cccc(C(=O)NNC(=O)CN(C)C(=O)c3ccccc3)c2)cc1. The van der Waals surface area contributed by atoms with E-state index in [1.807, 2.05) is 0 Å². The first kappa shape index (κ1) is 25.2. The zero-order valence-corrected chi connectivity index (χ0v) is 19.8. The first-order valence-corrected chi connectivity index (χ1v) is 11.8. The van der Waals surface area contributed by atoms with Crippen molar-refractivity contribution in [2.45, 2.75) is 4.90 Å². The minimum Gasteiger partial charge on any atom is -0.497 e. The van der Waals surface area contributed by atoms with Crippen molar-refractivity contribution in [2.75, 3.05) is 25.4 Å². The van der Waals surface area contributed by atoms with E-state index in [1.54, 1.807) is 54.6 Å². The van der Waals surface area contributed by atoms with Crippen LogP contribution in [0, 0.1) is 0 Å². The molecule has 11 heteroatoms. The van der Waals surface area contributed by atoms with Gasteiger partial charge in [0.2, 0.25) is 0 Å². The Labute approximate surface area is 202 Å². The molecule has 182 valence electrons. The molecule has 0 spiro atoms. The fourth-order valence-corrected chi connectivity index (χ4v) is 4.11. The number of nitrogens with zero attached hydrogens (tertiary/aromatic N) is 1. The predicted molar refractivity (Wildman–Crippen MR) is 129 cm³/mol. The first-order valence-electron chi connectivity index (χ1n) is 10.4. The summed E-state index contributed by atoms with van der Waals surface area (Å²) in [7, 11) is -1.01. The molecule has 0 unspecified atom stereocenters. The quantitative estimate of drug-likeness (QED) is 0.409. The lowest BCUT2D eigenvalue weighted by atomic mass is 10.2. The fourth-order valence-electron chi connectivity index (χ4n) is 3.00. The molecule has 0 atom stereocenters. The number of anilines is 1. The maximum Gasteiger partial charge on any atom is 0.269 e. The molecule has 0 aliphatic carbocycles. The van der Waals surface area contributed by atoms with Crippen LogP contribution >= 0.6 is 0 Å². The largest absolute Gasteiger partial charge is 0.497 e. The van der Waals surface area contributed by atoms with Crippen molar-refractivity contribution in [3.8, 4) is 5.75 Å². The van der Waals surface area contributed by atoms with Crippen molar-refractivity contribution in [1.82, 2.24) is 15.8 Å². The molecule has 0 radical (unpaired) electrons. The maximum atomic E-state index is 12.7. The lowest BCUT2D eigenvalue weighted by molar-refractivity contribution is -0.122. The zero-order valence-electron chi connectivity index (χ0n) is 19.0. The molecule has 0 bridgehead atoms. The van der Waals surface area contributed by atoms with Crippen LogP contribution in [0.25, 0.3) is 0 Å². The average Bonchev–Trinajstić information content (AvgIpc) is 2.87. The van der Waals surface area contributed by atoms with Crippen LogP contribution in [0.3, 0.4) is 0 Å². The topological polar surface area (TPSA) is 134 Å². The number of rotatable bonds is 8. The van der Waals surface area contributed by atoms with Gasteiger partial charge in [0.15, 0.2) is 0 Å². The van der Waals surface area contributed by atoms with Gasteiger partial charge in [-0.25, -0.2) is 8.42 Å². The van der Waals surface area contributed by atoms with Crippen molar-refractivity contribution in [3.05, 3.63) is 90.0 Å². The number of likely N-dealkylation sites (N-methyl/N-ethyl adjacent to an activating group) is 1. The van der Waals surface area contributed by atoms with Crippen molar-refractivity contribution < 1.29 is 27.5 Å². The lowest BCUT2D eigenvalue weighted by Gasteiger charge is -2.17. The van der Waals surface area contributed by atoms with Gasteiger partial charge in [-0.3, -0.25) is 30.0 Å². The van der Waals surface area contributed by atoms with Crippen molar-refractivity contribution >= 4 is 33.4 Å². The summed E-state index contributed by atoms with van der Waals surface area (Å²) in [5.41, 5.74) is 5.19. The number of methoxy groups -OCH3 is 1. The van der Waals surface area contributed by atoms with Gasteiger partial charge in [0.1, 0.15) is 12.3 Å². The fraction of sp³-hybridized carbons (Fsp3) is 0.125. The number of hydrogen-bond donors (Lipinski definition) is 3. The highest BCUT2D eigenvalue weighted by molar-refractivity contribution is 7.92. The molecule has 3 aromatic carbocycles. The number of nitrogens with one attached hydrogen (secondary N) is 3. The summed E-state index contributed by atoms with van der Waals surface area (Å²) in [4.78, 5) is 38.0. The molecule has 3 rings (SSSR count). The minimum absolute atomic E-state index is 0.0108. The van der Waals surface area contributed by atoms with Gasteiger partial charge in [0, 0.05) is 23.9 Å². The Morgan fingerprint density at radius 2 is 1.51 bits per heavy atom. The van der Waals surface area contributed by atoms with Gasteiger partial charge < -0.3 is 9.64 Å².